The van der Waals surface area contributed by atoms with Crippen molar-refractivity contribution >= 4 is 21.7 Å². The molecule has 1 aromatic carbocycles. The molecule has 1 aromatic rings. The summed E-state index contributed by atoms with van der Waals surface area (Å²) in [7, 11) is 0. The van der Waals surface area contributed by atoms with E-state index in [9.17, 15) is 9.90 Å². The first-order valence-electron chi connectivity index (χ1n) is 6.21. The monoisotopic (exact) mass is 308 g/mol. The summed E-state index contributed by atoms with van der Waals surface area (Å²) in [4.78, 5) is 11.3. The summed E-state index contributed by atoms with van der Waals surface area (Å²) in [5, 5.41) is 10.3. The van der Waals surface area contributed by atoms with E-state index < -0.39 is 6.10 Å². The average molecular weight is 309 g/mol. The quantitative estimate of drug-likeness (QED) is 0.862. The Morgan fingerprint density at radius 2 is 2.06 bits per heavy atom. The van der Waals surface area contributed by atoms with Crippen molar-refractivity contribution in [2.24, 2.45) is 5.92 Å². The Hall–Kier alpha value is -0.930. The molecule has 0 aromatic heterocycles. The minimum atomic E-state index is -0.536. The van der Waals surface area contributed by atoms with Crippen LogP contribution in [0, 0.1) is 5.92 Å². The van der Waals surface area contributed by atoms with E-state index in [4.69, 9.17) is 0 Å². The summed E-state index contributed by atoms with van der Waals surface area (Å²) in [6.07, 6.45) is 3.92. The van der Waals surface area contributed by atoms with Crippen molar-refractivity contribution in [2.45, 2.75) is 32.3 Å². The highest BCUT2D eigenvalue weighted by Gasteiger charge is 2.22. The molecule has 2 atom stereocenters. The van der Waals surface area contributed by atoms with E-state index in [2.05, 4.69) is 15.9 Å². The molecule has 1 aliphatic rings. The Morgan fingerprint density at radius 1 is 1.39 bits per heavy atom. The van der Waals surface area contributed by atoms with Gasteiger partial charge in [-0.1, -0.05) is 34.1 Å². The summed E-state index contributed by atoms with van der Waals surface area (Å²) >= 11 is 3.38. The van der Waals surface area contributed by atoms with Crippen molar-refractivity contribution < 1.29 is 9.90 Å². The standard InChI is InChI=1S/C15H17BrO2/c1-10(17)11-2-4-12(5-3-11)15(18)13-6-8-14(16)9-7-13/h4,6-9,11,15,18H,2-3,5H2,1H3/t11-,15-/m1/s1. The summed E-state index contributed by atoms with van der Waals surface area (Å²) in [6, 6.07) is 7.71. The molecule has 2 rings (SSSR count). The molecule has 3 heteroatoms. The van der Waals surface area contributed by atoms with Crippen LogP contribution in [0.3, 0.4) is 0 Å². The van der Waals surface area contributed by atoms with Gasteiger partial charge in [-0.05, 0) is 49.5 Å². The predicted octanol–water partition coefficient (Wildman–Crippen LogP) is 3.80. The Kier molecular flexibility index (Phi) is 4.36. The zero-order chi connectivity index (χ0) is 13.1. The molecule has 0 saturated carbocycles. The number of halogens is 1. The average Bonchev–Trinajstić information content (AvgIpc) is 2.39. The van der Waals surface area contributed by atoms with Crippen LogP contribution in [0.15, 0.2) is 40.4 Å². The highest BCUT2D eigenvalue weighted by molar-refractivity contribution is 9.10. The second-order valence-corrected chi connectivity index (χ2v) is 5.73. The van der Waals surface area contributed by atoms with Gasteiger partial charge in [-0.3, -0.25) is 4.79 Å². The zero-order valence-corrected chi connectivity index (χ0v) is 12.0. The molecular formula is C15H17BrO2. The lowest BCUT2D eigenvalue weighted by Gasteiger charge is -2.23. The molecule has 0 unspecified atom stereocenters. The van der Waals surface area contributed by atoms with E-state index in [1.807, 2.05) is 30.3 Å². The van der Waals surface area contributed by atoms with E-state index in [-0.39, 0.29) is 11.7 Å². The second kappa shape index (κ2) is 5.81. The maximum Gasteiger partial charge on any atom is 0.133 e. The minimum Gasteiger partial charge on any atom is -0.384 e. The maximum atomic E-state index is 11.3. The molecular weight excluding hydrogens is 292 g/mol. The zero-order valence-electron chi connectivity index (χ0n) is 10.4. The van der Waals surface area contributed by atoms with Crippen LogP contribution < -0.4 is 0 Å². The Balaban J connectivity index is 2.08. The third-order valence-electron chi connectivity index (χ3n) is 3.56. The van der Waals surface area contributed by atoms with Crippen LogP contribution in [-0.4, -0.2) is 10.9 Å². The van der Waals surface area contributed by atoms with Gasteiger partial charge in [0.2, 0.25) is 0 Å². The van der Waals surface area contributed by atoms with Gasteiger partial charge in [-0.2, -0.15) is 0 Å². The number of benzene rings is 1. The molecule has 1 N–H and O–H groups in total. The molecule has 0 saturated heterocycles. The van der Waals surface area contributed by atoms with Gasteiger partial charge in [0.1, 0.15) is 11.9 Å². The first kappa shape index (κ1) is 13.5. The van der Waals surface area contributed by atoms with Crippen molar-refractivity contribution in [3.63, 3.8) is 0 Å². The number of hydrogen-bond acceptors (Lipinski definition) is 2. The predicted molar refractivity (Wildman–Crippen MR) is 75.2 cm³/mol. The van der Waals surface area contributed by atoms with Crippen molar-refractivity contribution in [1.29, 1.82) is 0 Å². The smallest absolute Gasteiger partial charge is 0.133 e. The Bertz CT molecular complexity index is 462. The summed E-state index contributed by atoms with van der Waals surface area (Å²) in [5.74, 6) is 0.397. The fraction of sp³-hybridized carbons (Fsp3) is 0.400. The van der Waals surface area contributed by atoms with E-state index in [0.717, 1.165) is 34.9 Å². The highest BCUT2D eigenvalue weighted by Crippen LogP contribution is 2.32. The number of allylic oxidation sites excluding steroid dienone is 1. The molecule has 2 nitrogen and oxygen atoms in total. The molecule has 0 heterocycles. The van der Waals surface area contributed by atoms with Gasteiger partial charge in [-0.15, -0.1) is 0 Å². The van der Waals surface area contributed by atoms with Crippen LogP contribution in [0.4, 0.5) is 0 Å². The van der Waals surface area contributed by atoms with Gasteiger partial charge in [0, 0.05) is 10.4 Å². The number of rotatable bonds is 3. The highest BCUT2D eigenvalue weighted by atomic mass is 79.9. The van der Waals surface area contributed by atoms with E-state index in [0.29, 0.717) is 0 Å². The lowest BCUT2D eigenvalue weighted by molar-refractivity contribution is -0.120. The number of carbonyl (C=O) groups is 1. The lowest BCUT2D eigenvalue weighted by Crippen LogP contribution is -2.16. The van der Waals surface area contributed by atoms with Gasteiger partial charge < -0.3 is 5.11 Å². The van der Waals surface area contributed by atoms with Crippen LogP contribution in [0.25, 0.3) is 0 Å². The van der Waals surface area contributed by atoms with Crippen LogP contribution in [0.5, 0.6) is 0 Å². The topological polar surface area (TPSA) is 37.3 Å². The fourth-order valence-electron chi connectivity index (χ4n) is 2.33. The van der Waals surface area contributed by atoms with Crippen LogP contribution >= 0.6 is 15.9 Å². The number of hydrogen-bond donors (Lipinski definition) is 1. The summed E-state index contributed by atoms with van der Waals surface area (Å²) in [6.45, 7) is 1.65. The number of ketones is 1. The van der Waals surface area contributed by atoms with Gasteiger partial charge in [-0.25, -0.2) is 0 Å². The number of carbonyl (C=O) groups excluding carboxylic acids is 1. The largest absolute Gasteiger partial charge is 0.384 e. The molecule has 96 valence electrons. The van der Waals surface area contributed by atoms with Crippen LogP contribution in [0.2, 0.25) is 0 Å². The first-order chi connectivity index (χ1) is 8.58. The third kappa shape index (κ3) is 3.09. The Labute approximate surface area is 116 Å². The molecule has 0 radical (unpaired) electrons. The lowest BCUT2D eigenvalue weighted by atomic mass is 9.84. The van der Waals surface area contributed by atoms with Crippen LogP contribution in [0.1, 0.15) is 37.9 Å². The number of aliphatic hydroxyl groups is 1. The van der Waals surface area contributed by atoms with Gasteiger partial charge >= 0.3 is 0 Å². The van der Waals surface area contributed by atoms with E-state index in [1.54, 1.807) is 6.92 Å². The minimum absolute atomic E-state index is 0.144. The summed E-state index contributed by atoms with van der Waals surface area (Å²) < 4.78 is 1.01. The molecule has 0 aliphatic heterocycles. The van der Waals surface area contributed by atoms with Crippen molar-refractivity contribution in [2.75, 3.05) is 0 Å². The van der Waals surface area contributed by atoms with Gasteiger partial charge in [0.15, 0.2) is 0 Å². The normalized spacial score (nSPS) is 21.3. The molecule has 18 heavy (non-hydrogen) atoms. The van der Waals surface area contributed by atoms with E-state index in [1.165, 1.54) is 0 Å². The third-order valence-corrected chi connectivity index (χ3v) is 4.09. The fourth-order valence-corrected chi connectivity index (χ4v) is 2.60. The van der Waals surface area contributed by atoms with Gasteiger partial charge in [0.05, 0.1) is 0 Å². The maximum absolute atomic E-state index is 11.3. The molecule has 0 fully saturated rings. The number of aliphatic hydroxyl groups excluding tert-OH is 1. The van der Waals surface area contributed by atoms with E-state index >= 15 is 0 Å². The van der Waals surface area contributed by atoms with Gasteiger partial charge in [0.25, 0.3) is 0 Å². The van der Waals surface area contributed by atoms with Crippen molar-refractivity contribution in [3.8, 4) is 0 Å². The second-order valence-electron chi connectivity index (χ2n) is 4.82. The summed E-state index contributed by atoms with van der Waals surface area (Å²) in [5.41, 5.74) is 1.94. The molecule has 0 bridgehead atoms. The number of Topliss-reactive ketones (excluding diaryl/α,β-unsaturated/α-hetero) is 1. The molecule has 0 amide bonds. The first-order valence-corrected chi connectivity index (χ1v) is 7.00. The molecule has 1 aliphatic carbocycles. The SMILES string of the molecule is CC(=O)[C@@H]1CC=C([C@@H](O)c2ccc(Br)cc2)CC1. The van der Waals surface area contributed by atoms with Crippen molar-refractivity contribution in [1.82, 2.24) is 0 Å². The van der Waals surface area contributed by atoms with Crippen LogP contribution in [-0.2, 0) is 4.79 Å². The Morgan fingerprint density at radius 3 is 2.56 bits per heavy atom. The van der Waals surface area contributed by atoms with Crippen molar-refractivity contribution in [3.05, 3.63) is 46.0 Å². The molecule has 0 spiro atoms.